The third-order valence-electron chi connectivity index (χ3n) is 4.00. The Labute approximate surface area is 127 Å². The predicted molar refractivity (Wildman–Crippen MR) is 85.2 cm³/mol. The van der Waals surface area contributed by atoms with Crippen LogP contribution in [0.4, 0.5) is 0 Å². The standard InChI is InChI=1S/C18H14N2O2/c21-11-19-10-16(20-12-22)9-15-8-7-14-4-1-3-13-5-2-6-17(15)18(13)14/h1-8,15-16H,9-10H2. The predicted octanol–water partition coefficient (Wildman–Crippen LogP) is 3.38. The topological polar surface area (TPSA) is 58.9 Å². The third-order valence-corrected chi connectivity index (χ3v) is 4.00. The SMILES string of the molecule is O=C=NCC(CC1C=Cc2cccc3cccc1c23)N=C=O. The average molecular weight is 290 g/mol. The first-order valence-electron chi connectivity index (χ1n) is 7.14. The van der Waals surface area contributed by atoms with Crippen LogP contribution in [-0.2, 0) is 9.59 Å². The zero-order chi connectivity index (χ0) is 15.4. The van der Waals surface area contributed by atoms with Crippen molar-refractivity contribution in [3.05, 3.63) is 53.6 Å². The molecule has 0 heterocycles. The monoisotopic (exact) mass is 290 g/mol. The molecule has 4 heteroatoms. The van der Waals surface area contributed by atoms with Gasteiger partial charge in [-0.05, 0) is 28.3 Å². The van der Waals surface area contributed by atoms with Gasteiger partial charge in [-0.15, -0.1) is 0 Å². The molecule has 22 heavy (non-hydrogen) atoms. The Morgan fingerprint density at radius 2 is 1.91 bits per heavy atom. The fourth-order valence-corrected chi connectivity index (χ4v) is 3.06. The highest BCUT2D eigenvalue weighted by Gasteiger charge is 2.21. The fraction of sp³-hybridized carbons (Fsp3) is 0.222. The van der Waals surface area contributed by atoms with Crippen molar-refractivity contribution in [2.75, 3.05) is 6.54 Å². The lowest BCUT2D eigenvalue weighted by Crippen LogP contribution is -2.14. The maximum absolute atomic E-state index is 10.6. The summed E-state index contributed by atoms with van der Waals surface area (Å²) in [6, 6.07) is 12.1. The summed E-state index contributed by atoms with van der Waals surface area (Å²) in [7, 11) is 0. The molecule has 0 saturated carbocycles. The van der Waals surface area contributed by atoms with Crippen molar-refractivity contribution in [2.45, 2.75) is 18.4 Å². The molecule has 4 nitrogen and oxygen atoms in total. The summed E-state index contributed by atoms with van der Waals surface area (Å²) in [5.41, 5.74) is 2.42. The molecule has 2 aromatic carbocycles. The van der Waals surface area contributed by atoms with Gasteiger partial charge in [0.2, 0.25) is 12.2 Å². The Kier molecular flexibility index (Phi) is 4.06. The van der Waals surface area contributed by atoms with Crippen LogP contribution < -0.4 is 0 Å². The van der Waals surface area contributed by atoms with Crippen LogP contribution in [0.25, 0.3) is 16.8 Å². The van der Waals surface area contributed by atoms with Gasteiger partial charge in [-0.2, -0.15) is 0 Å². The molecule has 0 saturated heterocycles. The quantitative estimate of drug-likeness (QED) is 0.626. The lowest BCUT2D eigenvalue weighted by molar-refractivity contribution is 0.538. The number of isocyanates is 2. The van der Waals surface area contributed by atoms with E-state index in [9.17, 15) is 9.59 Å². The van der Waals surface area contributed by atoms with Crippen LogP contribution in [0.3, 0.4) is 0 Å². The maximum atomic E-state index is 10.6. The Morgan fingerprint density at radius 1 is 1.09 bits per heavy atom. The summed E-state index contributed by atoms with van der Waals surface area (Å²) >= 11 is 0. The van der Waals surface area contributed by atoms with E-state index in [4.69, 9.17) is 0 Å². The largest absolute Gasteiger partial charge is 0.235 e. The van der Waals surface area contributed by atoms with Gasteiger partial charge in [0.25, 0.3) is 0 Å². The molecule has 0 fully saturated rings. The molecule has 108 valence electrons. The van der Waals surface area contributed by atoms with E-state index in [1.807, 2.05) is 12.1 Å². The first-order valence-corrected chi connectivity index (χ1v) is 7.14. The number of rotatable bonds is 5. The van der Waals surface area contributed by atoms with Crippen LogP contribution in [0.1, 0.15) is 23.5 Å². The molecule has 0 N–H and O–H groups in total. The van der Waals surface area contributed by atoms with E-state index >= 15 is 0 Å². The van der Waals surface area contributed by atoms with Crippen LogP contribution in [0.5, 0.6) is 0 Å². The second-order valence-electron chi connectivity index (χ2n) is 5.30. The second kappa shape index (κ2) is 6.31. The van der Waals surface area contributed by atoms with Crippen molar-refractivity contribution < 1.29 is 9.59 Å². The van der Waals surface area contributed by atoms with Crippen LogP contribution >= 0.6 is 0 Å². The highest BCUT2D eigenvalue weighted by atomic mass is 16.1. The molecule has 0 bridgehead atoms. The highest BCUT2D eigenvalue weighted by molar-refractivity contribution is 5.95. The molecule has 0 spiro atoms. The van der Waals surface area contributed by atoms with E-state index in [0.717, 1.165) is 0 Å². The molecular formula is C18H14N2O2. The van der Waals surface area contributed by atoms with Crippen LogP contribution in [-0.4, -0.2) is 24.7 Å². The van der Waals surface area contributed by atoms with Crippen molar-refractivity contribution in [3.63, 3.8) is 0 Å². The number of nitrogens with zero attached hydrogens (tertiary/aromatic N) is 2. The number of hydrogen-bond donors (Lipinski definition) is 0. The molecule has 2 atom stereocenters. The zero-order valence-electron chi connectivity index (χ0n) is 11.9. The molecule has 1 aliphatic rings. The Morgan fingerprint density at radius 3 is 2.68 bits per heavy atom. The minimum Gasteiger partial charge on any atom is -0.211 e. The number of benzene rings is 2. The van der Waals surface area contributed by atoms with Gasteiger partial charge in [-0.3, -0.25) is 0 Å². The molecule has 2 unspecified atom stereocenters. The van der Waals surface area contributed by atoms with Crippen LogP contribution in [0.2, 0.25) is 0 Å². The van der Waals surface area contributed by atoms with Crippen molar-refractivity contribution in [1.82, 2.24) is 0 Å². The number of hydrogen-bond acceptors (Lipinski definition) is 4. The fourth-order valence-electron chi connectivity index (χ4n) is 3.06. The van der Waals surface area contributed by atoms with E-state index < -0.39 is 0 Å². The van der Waals surface area contributed by atoms with Gasteiger partial charge in [-0.25, -0.2) is 19.6 Å². The molecule has 1 aliphatic carbocycles. The zero-order valence-corrected chi connectivity index (χ0v) is 11.9. The summed E-state index contributed by atoms with van der Waals surface area (Å²) in [5.74, 6) is 0.141. The second-order valence-corrected chi connectivity index (χ2v) is 5.30. The maximum Gasteiger partial charge on any atom is 0.235 e. The van der Waals surface area contributed by atoms with Gasteiger partial charge in [-0.1, -0.05) is 48.6 Å². The van der Waals surface area contributed by atoms with E-state index in [0.29, 0.717) is 6.42 Å². The van der Waals surface area contributed by atoms with E-state index in [1.165, 1.54) is 28.0 Å². The normalized spacial score (nSPS) is 16.6. The van der Waals surface area contributed by atoms with Crippen molar-refractivity contribution in [2.24, 2.45) is 9.98 Å². The summed E-state index contributed by atoms with van der Waals surface area (Å²) in [4.78, 5) is 28.1. The summed E-state index contributed by atoms with van der Waals surface area (Å²) < 4.78 is 0. The van der Waals surface area contributed by atoms with E-state index in [1.54, 1.807) is 6.08 Å². The van der Waals surface area contributed by atoms with E-state index in [2.05, 4.69) is 46.4 Å². The van der Waals surface area contributed by atoms with Gasteiger partial charge in [0, 0.05) is 5.92 Å². The van der Waals surface area contributed by atoms with Gasteiger partial charge in [0.1, 0.15) is 0 Å². The number of aliphatic imine (C=N–C) groups is 2. The molecule has 0 amide bonds. The highest BCUT2D eigenvalue weighted by Crippen LogP contribution is 2.37. The van der Waals surface area contributed by atoms with Gasteiger partial charge in [0.05, 0.1) is 12.6 Å². The lowest BCUT2D eigenvalue weighted by Gasteiger charge is -2.22. The molecular weight excluding hydrogens is 276 g/mol. The number of carbonyl (C=O) groups excluding carboxylic acids is 2. The van der Waals surface area contributed by atoms with Gasteiger partial charge < -0.3 is 0 Å². The smallest absolute Gasteiger partial charge is 0.211 e. The Bertz CT molecular complexity index is 823. The van der Waals surface area contributed by atoms with Crippen LogP contribution in [0.15, 0.2) is 52.5 Å². The molecule has 0 aliphatic heterocycles. The van der Waals surface area contributed by atoms with Crippen LogP contribution in [0, 0.1) is 0 Å². The summed E-state index contributed by atoms with van der Waals surface area (Å²) in [6.07, 6.45) is 7.91. The molecule has 0 radical (unpaired) electrons. The van der Waals surface area contributed by atoms with Gasteiger partial charge in [0.15, 0.2) is 0 Å². The first kappa shape index (κ1) is 14.2. The Balaban J connectivity index is 1.97. The molecule has 3 rings (SSSR count). The first-order chi connectivity index (χ1) is 10.8. The lowest BCUT2D eigenvalue weighted by atomic mass is 9.83. The minimum absolute atomic E-state index is 0.141. The molecule has 0 aromatic heterocycles. The summed E-state index contributed by atoms with van der Waals surface area (Å²) in [6.45, 7) is 0.167. The summed E-state index contributed by atoms with van der Waals surface area (Å²) in [5, 5.41) is 2.44. The van der Waals surface area contributed by atoms with Crippen molar-refractivity contribution in [3.8, 4) is 0 Å². The van der Waals surface area contributed by atoms with Crippen molar-refractivity contribution in [1.29, 1.82) is 0 Å². The van der Waals surface area contributed by atoms with Gasteiger partial charge >= 0.3 is 0 Å². The Hall–Kier alpha value is -2.80. The minimum atomic E-state index is -0.353. The van der Waals surface area contributed by atoms with Crippen molar-refractivity contribution >= 4 is 29.0 Å². The van der Waals surface area contributed by atoms with E-state index in [-0.39, 0.29) is 18.5 Å². The third kappa shape index (κ3) is 2.66. The molecule has 2 aromatic rings. The number of allylic oxidation sites excluding steroid dienone is 1. The average Bonchev–Trinajstić information content (AvgIpc) is 2.55.